The Bertz CT molecular complexity index is 597. The van der Waals surface area contributed by atoms with E-state index in [4.69, 9.17) is 0 Å². The summed E-state index contributed by atoms with van der Waals surface area (Å²) in [6.45, 7) is 2.31. The summed E-state index contributed by atoms with van der Waals surface area (Å²) in [7, 11) is 0. The zero-order chi connectivity index (χ0) is 13.8. The molecule has 0 atom stereocenters. The molecular weight excluding hydrogens is 247 g/mol. The molecule has 0 aromatic heterocycles. The molecule has 5 heteroatoms. The highest BCUT2D eigenvalue weighted by Crippen LogP contribution is 2.27. The van der Waals surface area contributed by atoms with Crippen molar-refractivity contribution in [2.45, 2.75) is 13.5 Å². The zero-order valence-electron chi connectivity index (χ0n) is 10.4. The topological polar surface area (TPSA) is 55.2 Å². The summed E-state index contributed by atoms with van der Waals surface area (Å²) in [5, 5.41) is 13.6. The molecule has 0 saturated heterocycles. The van der Waals surface area contributed by atoms with E-state index >= 15 is 0 Å². The lowest BCUT2D eigenvalue weighted by atomic mass is 10.1. The molecule has 2 aromatic carbocycles. The van der Waals surface area contributed by atoms with Gasteiger partial charge in [-0.15, -0.1) is 0 Å². The van der Waals surface area contributed by atoms with Gasteiger partial charge in [-0.2, -0.15) is 0 Å². The van der Waals surface area contributed by atoms with Crippen LogP contribution in [0, 0.1) is 22.9 Å². The molecule has 0 spiro atoms. The van der Waals surface area contributed by atoms with Gasteiger partial charge >= 0.3 is 0 Å². The summed E-state index contributed by atoms with van der Waals surface area (Å²) < 4.78 is 13.6. The minimum Gasteiger partial charge on any atom is -0.373 e. The molecule has 19 heavy (non-hydrogen) atoms. The molecule has 0 aliphatic heterocycles. The number of aryl methyl sites for hydroxylation is 1. The van der Waals surface area contributed by atoms with Gasteiger partial charge in [-0.1, -0.05) is 35.9 Å². The highest BCUT2D eigenvalue weighted by Gasteiger charge is 2.17. The van der Waals surface area contributed by atoms with Crippen LogP contribution >= 0.6 is 0 Å². The molecule has 98 valence electrons. The van der Waals surface area contributed by atoms with Gasteiger partial charge < -0.3 is 5.32 Å². The third-order valence-corrected chi connectivity index (χ3v) is 2.78. The number of para-hydroxylation sites is 1. The molecule has 0 amide bonds. The monoisotopic (exact) mass is 260 g/mol. The second kappa shape index (κ2) is 5.48. The number of nitro benzene ring substituents is 1. The van der Waals surface area contributed by atoms with Crippen LogP contribution < -0.4 is 5.32 Å². The predicted octanol–water partition coefficient (Wildman–Crippen LogP) is 3.65. The van der Waals surface area contributed by atoms with Crippen molar-refractivity contribution in [1.29, 1.82) is 0 Å². The highest BCUT2D eigenvalue weighted by atomic mass is 19.1. The van der Waals surface area contributed by atoms with E-state index in [9.17, 15) is 14.5 Å². The average molecular weight is 260 g/mol. The fraction of sp³-hybridized carbons (Fsp3) is 0.143. The summed E-state index contributed by atoms with van der Waals surface area (Å²) in [5.41, 5.74) is 1.73. The number of anilines is 1. The van der Waals surface area contributed by atoms with Crippen LogP contribution in [-0.4, -0.2) is 4.92 Å². The third kappa shape index (κ3) is 3.07. The summed E-state index contributed by atoms with van der Waals surface area (Å²) in [5.74, 6) is -0.624. The summed E-state index contributed by atoms with van der Waals surface area (Å²) >= 11 is 0. The first-order valence-electron chi connectivity index (χ1n) is 5.80. The fourth-order valence-corrected chi connectivity index (χ4v) is 1.74. The van der Waals surface area contributed by atoms with Crippen LogP contribution in [0.1, 0.15) is 11.1 Å². The van der Waals surface area contributed by atoms with Crippen molar-refractivity contribution in [3.05, 3.63) is 69.5 Å². The van der Waals surface area contributed by atoms with Crippen LogP contribution in [0.5, 0.6) is 0 Å². The Morgan fingerprint density at radius 3 is 2.53 bits per heavy atom. The van der Waals surface area contributed by atoms with Gasteiger partial charge in [0.15, 0.2) is 5.82 Å². The van der Waals surface area contributed by atoms with Gasteiger partial charge in [-0.3, -0.25) is 10.1 Å². The van der Waals surface area contributed by atoms with Crippen molar-refractivity contribution in [2.75, 3.05) is 5.32 Å². The standard InChI is InChI=1S/C14H13FN2O2/c1-10-5-7-11(8-6-10)9-16-14-12(15)3-2-4-13(14)17(18)19/h2-8,16H,9H2,1H3. The third-order valence-electron chi connectivity index (χ3n) is 2.78. The number of nitro groups is 1. The molecule has 0 fully saturated rings. The Balaban J connectivity index is 2.19. The Morgan fingerprint density at radius 1 is 1.21 bits per heavy atom. The Morgan fingerprint density at radius 2 is 1.89 bits per heavy atom. The lowest BCUT2D eigenvalue weighted by molar-refractivity contribution is -0.384. The van der Waals surface area contributed by atoms with E-state index in [2.05, 4.69) is 5.32 Å². The SMILES string of the molecule is Cc1ccc(CNc2c(F)cccc2[N+](=O)[O-])cc1. The molecule has 0 aliphatic rings. The second-order valence-electron chi connectivity index (χ2n) is 4.23. The van der Waals surface area contributed by atoms with E-state index in [1.165, 1.54) is 18.2 Å². The molecule has 4 nitrogen and oxygen atoms in total. The van der Waals surface area contributed by atoms with E-state index in [1.54, 1.807) is 0 Å². The second-order valence-corrected chi connectivity index (χ2v) is 4.23. The summed E-state index contributed by atoms with van der Waals surface area (Å²) in [6, 6.07) is 11.5. The van der Waals surface area contributed by atoms with E-state index in [0.29, 0.717) is 6.54 Å². The Hall–Kier alpha value is -2.43. The van der Waals surface area contributed by atoms with E-state index in [-0.39, 0.29) is 11.4 Å². The number of hydrogen-bond donors (Lipinski definition) is 1. The van der Waals surface area contributed by atoms with Crippen LogP contribution in [0.15, 0.2) is 42.5 Å². The van der Waals surface area contributed by atoms with Crippen molar-refractivity contribution >= 4 is 11.4 Å². The molecule has 0 unspecified atom stereocenters. The predicted molar refractivity (Wildman–Crippen MR) is 71.6 cm³/mol. The highest BCUT2D eigenvalue weighted by molar-refractivity contribution is 5.62. The lowest BCUT2D eigenvalue weighted by Gasteiger charge is -2.08. The minimum absolute atomic E-state index is 0.0759. The van der Waals surface area contributed by atoms with Crippen LogP contribution in [0.4, 0.5) is 15.8 Å². The van der Waals surface area contributed by atoms with Crippen LogP contribution in [-0.2, 0) is 6.54 Å². The van der Waals surface area contributed by atoms with Crippen molar-refractivity contribution in [3.8, 4) is 0 Å². The lowest BCUT2D eigenvalue weighted by Crippen LogP contribution is -2.04. The quantitative estimate of drug-likeness (QED) is 0.674. The summed E-state index contributed by atoms with van der Waals surface area (Å²) in [6.07, 6.45) is 0. The van der Waals surface area contributed by atoms with Gasteiger partial charge in [0.25, 0.3) is 5.69 Å². The Labute approximate surface area is 110 Å². The number of nitrogens with one attached hydrogen (secondary N) is 1. The van der Waals surface area contributed by atoms with Gasteiger partial charge in [-0.05, 0) is 18.6 Å². The van der Waals surface area contributed by atoms with Crippen molar-refractivity contribution < 1.29 is 9.31 Å². The van der Waals surface area contributed by atoms with Gasteiger partial charge in [-0.25, -0.2) is 4.39 Å². The first kappa shape index (κ1) is 13.0. The number of halogens is 1. The van der Waals surface area contributed by atoms with Gasteiger partial charge in [0.2, 0.25) is 0 Å². The maximum absolute atomic E-state index is 13.6. The van der Waals surface area contributed by atoms with Gasteiger partial charge in [0.1, 0.15) is 5.69 Å². The van der Waals surface area contributed by atoms with Gasteiger partial charge in [0.05, 0.1) is 4.92 Å². The maximum Gasteiger partial charge on any atom is 0.295 e. The molecule has 2 aromatic rings. The molecular formula is C14H13FN2O2. The van der Waals surface area contributed by atoms with Crippen LogP contribution in [0.25, 0.3) is 0 Å². The normalized spacial score (nSPS) is 10.2. The number of nitrogens with zero attached hydrogens (tertiary/aromatic N) is 1. The number of hydrogen-bond acceptors (Lipinski definition) is 3. The van der Waals surface area contributed by atoms with E-state index in [0.717, 1.165) is 11.1 Å². The van der Waals surface area contributed by atoms with Crippen molar-refractivity contribution in [3.63, 3.8) is 0 Å². The first-order chi connectivity index (χ1) is 9.08. The first-order valence-corrected chi connectivity index (χ1v) is 5.80. The van der Waals surface area contributed by atoms with Crippen LogP contribution in [0.2, 0.25) is 0 Å². The van der Waals surface area contributed by atoms with E-state index < -0.39 is 10.7 Å². The van der Waals surface area contributed by atoms with Gasteiger partial charge in [0, 0.05) is 12.6 Å². The molecule has 0 aliphatic carbocycles. The Kier molecular flexibility index (Phi) is 3.75. The average Bonchev–Trinajstić information content (AvgIpc) is 2.39. The molecule has 1 N–H and O–H groups in total. The maximum atomic E-state index is 13.6. The summed E-state index contributed by atoms with van der Waals surface area (Å²) in [4.78, 5) is 10.2. The smallest absolute Gasteiger partial charge is 0.295 e. The zero-order valence-corrected chi connectivity index (χ0v) is 10.4. The number of rotatable bonds is 4. The molecule has 0 bridgehead atoms. The molecule has 0 heterocycles. The van der Waals surface area contributed by atoms with E-state index in [1.807, 2.05) is 31.2 Å². The molecule has 2 rings (SSSR count). The van der Waals surface area contributed by atoms with Crippen LogP contribution in [0.3, 0.4) is 0 Å². The molecule has 0 radical (unpaired) electrons. The largest absolute Gasteiger partial charge is 0.373 e. The minimum atomic E-state index is -0.624. The fourth-order valence-electron chi connectivity index (χ4n) is 1.74. The van der Waals surface area contributed by atoms with Crippen molar-refractivity contribution in [1.82, 2.24) is 0 Å². The number of benzene rings is 2. The van der Waals surface area contributed by atoms with Crippen molar-refractivity contribution in [2.24, 2.45) is 0 Å². The molecule has 0 saturated carbocycles.